The monoisotopic (exact) mass is 542 g/mol. The van der Waals surface area contributed by atoms with Gasteiger partial charge in [-0.25, -0.2) is 9.59 Å². The minimum atomic E-state index is -0.466. The van der Waals surface area contributed by atoms with Crippen LogP contribution in [0.4, 0.5) is 9.59 Å². The summed E-state index contributed by atoms with van der Waals surface area (Å²) >= 11 is 0. The molecule has 2 amide bonds. The van der Waals surface area contributed by atoms with Gasteiger partial charge in [-0.15, -0.1) is 0 Å². The van der Waals surface area contributed by atoms with Crippen molar-refractivity contribution in [1.29, 1.82) is 0 Å². The van der Waals surface area contributed by atoms with Gasteiger partial charge >= 0.3 is 12.2 Å². The van der Waals surface area contributed by atoms with Crippen molar-refractivity contribution in [2.75, 3.05) is 0 Å². The lowest BCUT2D eigenvalue weighted by Gasteiger charge is -2.22. The van der Waals surface area contributed by atoms with Crippen LogP contribution in [-0.2, 0) is 42.2 Å². The first-order valence-corrected chi connectivity index (χ1v) is 13.9. The van der Waals surface area contributed by atoms with Gasteiger partial charge in [-0.05, 0) is 51.8 Å². The van der Waals surface area contributed by atoms with E-state index in [0.717, 1.165) is 29.1 Å². The summed E-state index contributed by atoms with van der Waals surface area (Å²) in [6.45, 7) is 11.3. The Morgan fingerprint density at radius 2 is 1.43 bits per heavy atom. The van der Waals surface area contributed by atoms with Crippen LogP contribution in [-0.4, -0.2) is 33.4 Å². The molecule has 0 unspecified atom stereocenters. The highest BCUT2D eigenvalue weighted by Gasteiger charge is 2.30. The third-order valence-electron chi connectivity index (χ3n) is 7.42. The van der Waals surface area contributed by atoms with E-state index in [9.17, 15) is 9.59 Å². The first-order valence-electron chi connectivity index (χ1n) is 13.9. The molecule has 210 valence electrons. The van der Waals surface area contributed by atoms with E-state index in [4.69, 9.17) is 9.47 Å². The number of alkyl carbamates (subject to hydrolysis) is 2. The van der Waals surface area contributed by atoms with Crippen molar-refractivity contribution in [3.05, 3.63) is 93.9 Å². The predicted octanol–water partition coefficient (Wildman–Crippen LogP) is 6.02. The maximum atomic E-state index is 12.4. The molecule has 0 spiro atoms. The molecule has 2 aromatic heterocycles. The van der Waals surface area contributed by atoms with Crippen LogP contribution in [0.15, 0.2) is 54.6 Å². The number of para-hydroxylation sites is 1. The number of ether oxygens (including phenoxy) is 2. The van der Waals surface area contributed by atoms with Crippen molar-refractivity contribution >= 4 is 23.1 Å². The van der Waals surface area contributed by atoms with Crippen molar-refractivity contribution in [2.24, 2.45) is 0 Å². The van der Waals surface area contributed by atoms with E-state index in [1.807, 2.05) is 33.8 Å². The molecule has 2 aromatic carbocycles. The molecule has 0 aliphatic carbocycles. The number of hydrogen-bond acceptors (Lipinski definition) is 4. The molecule has 0 fully saturated rings. The maximum absolute atomic E-state index is 12.4. The zero-order valence-corrected chi connectivity index (χ0v) is 23.9. The van der Waals surface area contributed by atoms with Gasteiger partial charge in [-0.2, -0.15) is 0 Å². The van der Waals surface area contributed by atoms with Crippen molar-refractivity contribution in [1.82, 2.24) is 19.8 Å². The molecule has 40 heavy (non-hydrogen) atoms. The van der Waals surface area contributed by atoms with Gasteiger partial charge in [0.1, 0.15) is 13.2 Å². The number of hydrogen-bond donors (Lipinski definition) is 2. The third-order valence-corrected chi connectivity index (χ3v) is 7.42. The topological polar surface area (TPSA) is 86.5 Å². The molecule has 8 nitrogen and oxygen atoms in total. The number of rotatable bonds is 8. The maximum Gasteiger partial charge on any atom is 0.407 e. The summed E-state index contributed by atoms with van der Waals surface area (Å²) in [4.78, 5) is 24.8. The zero-order chi connectivity index (χ0) is 28.4. The molecule has 0 atom stereocenters. The van der Waals surface area contributed by atoms with Crippen molar-refractivity contribution in [3.63, 3.8) is 0 Å². The molecule has 3 heterocycles. The van der Waals surface area contributed by atoms with Crippen LogP contribution in [0, 0.1) is 6.92 Å². The smallest absolute Gasteiger partial charge is 0.407 e. The van der Waals surface area contributed by atoms with E-state index >= 15 is 0 Å². The number of nitrogens with one attached hydrogen (secondary N) is 2. The van der Waals surface area contributed by atoms with Crippen molar-refractivity contribution < 1.29 is 19.1 Å². The summed E-state index contributed by atoms with van der Waals surface area (Å²) in [6, 6.07) is 19.0. The van der Waals surface area contributed by atoms with E-state index in [-0.39, 0.29) is 25.3 Å². The molecule has 1 aliphatic heterocycles. The average Bonchev–Trinajstić information content (AvgIpc) is 3.36. The van der Waals surface area contributed by atoms with E-state index in [1.165, 1.54) is 27.7 Å². The Labute approximate surface area is 235 Å². The molecular weight excluding hydrogens is 504 g/mol. The Balaban J connectivity index is 1.54. The number of benzene rings is 2. The second-order valence-corrected chi connectivity index (χ2v) is 11.0. The summed E-state index contributed by atoms with van der Waals surface area (Å²) in [5.74, 6) is 0. The SMILES string of the molecule is Cc1c(COC(=O)NC(C)C)c(COC(=O)NC(C)C)c2n1Cc1c(c3ccccc3n1Cc1ccccc1)C2. The summed E-state index contributed by atoms with van der Waals surface area (Å²) in [5, 5.41) is 6.80. The van der Waals surface area contributed by atoms with E-state index in [0.29, 0.717) is 13.0 Å². The van der Waals surface area contributed by atoms with Gasteiger partial charge in [0.2, 0.25) is 0 Å². The van der Waals surface area contributed by atoms with E-state index in [2.05, 4.69) is 75.2 Å². The van der Waals surface area contributed by atoms with Crippen LogP contribution in [0.25, 0.3) is 10.9 Å². The molecule has 4 aromatic rings. The molecule has 0 bridgehead atoms. The highest BCUT2D eigenvalue weighted by molar-refractivity contribution is 5.86. The summed E-state index contributed by atoms with van der Waals surface area (Å²) in [6.07, 6.45) is -0.235. The molecule has 1 aliphatic rings. The standard InChI is InChI=1S/C32H38N4O4/c1-20(2)33-31(37)39-18-26-22(5)35-17-30-25(15-29(35)27(26)19-40-32(38)34-21(3)4)24-13-9-10-14-28(24)36(30)16-23-11-7-6-8-12-23/h6-14,20-21H,15-19H2,1-5H3,(H,33,37)(H,34,38). The molecule has 0 saturated heterocycles. The first-order chi connectivity index (χ1) is 19.2. The summed E-state index contributed by atoms with van der Waals surface area (Å²) < 4.78 is 16.0. The number of fused-ring (bicyclic) bond motifs is 4. The minimum absolute atomic E-state index is 0.0267. The fraction of sp³-hybridized carbons (Fsp3) is 0.375. The average molecular weight is 543 g/mol. The van der Waals surface area contributed by atoms with Crippen LogP contribution < -0.4 is 10.6 Å². The highest BCUT2D eigenvalue weighted by Crippen LogP contribution is 2.37. The molecule has 0 saturated carbocycles. The van der Waals surface area contributed by atoms with Crippen molar-refractivity contribution in [2.45, 2.75) is 79.4 Å². The molecule has 2 N–H and O–H groups in total. The van der Waals surface area contributed by atoms with Crippen molar-refractivity contribution in [3.8, 4) is 0 Å². The Kier molecular flexibility index (Phi) is 7.87. The van der Waals surface area contributed by atoms with Gasteiger partial charge in [0.25, 0.3) is 0 Å². The summed E-state index contributed by atoms with van der Waals surface area (Å²) in [5.41, 5.74) is 8.90. The second-order valence-electron chi connectivity index (χ2n) is 11.0. The number of carbonyl (C=O) groups excluding carboxylic acids is 2. The Bertz CT molecular complexity index is 1530. The number of nitrogens with zero attached hydrogens (tertiary/aromatic N) is 2. The van der Waals surface area contributed by atoms with Crippen LogP contribution in [0.3, 0.4) is 0 Å². The first kappa shape index (κ1) is 27.4. The number of amides is 2. The third kappa shape index (κ3) is 5.57. The zero-order valence-electron chi connectivity index (χ0n) is 23.9. The van der Waals surface area contributed by atoms with Gasteiger partial charge in [-0.3, -0.25) is 0 Å². The lowest BCUT2D eigenvalue weighted by atomic mass is 9.99. The lowest BCUT2D eigenvalue weighted by molar-refractivity contribution is 0.129. The summed E-state index contributed by atoms with van der Waals surface area (Å²) in [7, 11) is 0. The normalized spacial score (nSPS) is 12.4. The fourth-order valence-corrected chi connectivity index (χ4v) is 5.60. The van der Waals surface area contributed by atoms with Gasteiger partial charge in [0.15, 0.2) is 0 Å². The lowest BCUT2D eigenvalue weighted by Crippen LogP contribution is -2.31. The fourth-order valence-electron chi connectivity index (χ4n) is 5.60. The van der Waals surface area contributed by atoms with Gasteiger partial charge in [0, 0.05) is 64.2 Å². The number of aromatic nitrogens is 2. The Hall–Kier alpha value is -4.20. The molecule has 5 rings (SSSR count). The van der Waals surface area contributed by atoms with Gasteiger partial charge in [-0.1, -0.05) is 48.5 Å². The molecular formula is C32H38N4O4. The Morgan fingerprint density at radius 1 is 0.825 bits per heavy atom. The van der Waals surface area contributed by atoms with Crippen LogP contribution in [0.1, 0.15) is 67.0 Å². The van der Waals surface area contributed by atoms with Gasteiger partial charge < -0.3 is 29.2 Å². The highest BCUT2D eigenvalue weighted by atomic mass is 16.6. The van der Waals surface area contributed by atoms with Gasteiger partial charge in [0.05, 0.1) is 6.54 Å². The largest absolute Gasteiger partial charge is 0.445 e. The predicted molar refractivity (Wildman–Crippen MR) is 155 cm³/mol. The second kappa shape index (κ2) is 11.5. The minimum Gasteiger partial charge on any atom is -0.445 e. The Morgan fingerprint density at radius 3 is 2.08 bits per heavy atom. The van der Waals surface area contributed by atoms with Crippen LogP contribution in [0.2, 0.25) is 0 Å². The van der Waals surface area contributed by atoms with E-state index in [1.54, 1.807) is 0 Å². The van der Waals surface area contributed by atoms with Crippen LogP contribution in [0.5, 0.6) is 0 Å². The number of carbonyl (C=O) groups is 2. The molecule has 8 heteroatoms. The molecule has 0 radical (unpaired) electrons. The van der Waals surface area contributed by atoms with Crippen LogP contribution >= 0.6 is 0 Å². The quantitative estimate of drug-likeness (QED) is 0.251. The van der Waals surface area contributed by atoms with E-state index < -0.39 is 12.2 Å².